The fourth-order valence-corrected chi connectivity index (χ4v) is 2.24. The Hall–Kier alpha value is -3.66. The number of rotatable bonds is 8. The monoisotopic (exact) mass is 406 g/mol. The van der Waals surface area contributed by atoms with Crippen molar-refractivity contribution < 1.29 is 24.0 Å². The molecule has 0 unspecified atom stereocenters. The summed E-state index contributed by atoms with van der Waals surface area (Å²) in [6, 6.07) is 8.39. The number of hydrogen-bond acceptors (Lipinski definition) is 7. The van der Waals surface area contributed by atoms with Gasteiger partial charge in [-0.1, -0.05) is 11.6 Å². The van der Waals surface area contributed by atoms with Crippen molar-refractivity contribution >= 4 is 35.3 Å². The van der Waals surface area contributed by atoms with Gasteiger partial charge >= 0.3 is 0 Å². The highest BCUT2D eigenvalue weighted by Crippen LogP contribution is 2.27. The van der Waals surface area contributed by atoms with Crippen LogP contribution < -0.4 is 20.6 Å². The number of carbonyl (C=O) groups is 2. The first-order valence-electron chi connectivity index (χ1n) is 7.68. The fraction of sp³-hybridized carbons (Fsp3) is 0.118. The molecule has 3 N–H and O–H groups in total. The van der Waals surface area contributed by atoms with Crippen molar-refractivity contribution in [3.8, 4) is 11.5 Å². The van der Waals surface area contributed by atoms with Gasteiger partial charge in [0.2, 0.25) is 0 Å². The van der Waals surface area contributed by atoms with E-state index < -0.39 is 16.7 Å². The molecule has 0 heterocycles. The van der Waals surface area contributed by atoms with Crippen molar-refractivity contribution in [3.63, 3.8) is 0 Å². The number of hydrazone groups is 1. The van der Waals surface area contributed by atoms with E-state index >= 15 is 0 Å². The number of ether oxygens (including phenoxy) is 2. The van der Waals surface area contributed by atoms with Crippen LogP contribution in [0.3, 0.4) is 0 Å². The van der Waals surface area contributed by atoms with Crippen molar-refractivity contribution in [2.45, 2.75) is 0 Å². The third kappa shape index (κ3) is 5.42. The first-order chi connectivity index (χ1) is 13.3. The Bertz CT molecular complexity index is 947. The maximum atomic E-state index is 12.1. The summed E-state index contributed by atoms with van der Waals surface area (Å²) < 4.78 is 10.4. The molecule has 2 amide bonds. The zero-order valence-electron chi connectivity index (χ0n) is 14.5. The van der Waals surface area contributed by atoms with Gasteiger partial charge in [0.25, 0.3) is 17.5 Å². The number of carbonyl (C=O) groups excluding carboxylic acids is 2. The van der Waals surface area contributed by atoms with Crippen LogP contribution in [0.25, 0.3) is 0 Å². The van der Waals surface area contributed by atoms with E-state index in [1.54, 1.807) is 18.2 Å². The number of primary amides is 1. The molecular formula is C17H15ClN4O6. The summed E-state index contributed by atoms with van der Waals surface area (Å²) in [6.45, 7) is -0.299. The van der Waals surface area contributed by atoms with E-state index in [1.165, 1.54) is 25.5 Å². The van der Waals surface area contributed by atoms with Crippen LogP contribution in [-0.4, -0.2) is 36.7 Å². The van der Waals surface area contributed by atoms with Crippen molar-refractivity contribution in [1.29, 1.82) is 0 Å². The third-order valence-electron chi connectivity index (χ3n) is 3.34. The van der Waals surface area contributed by atoms with Crippen molar-refractivity contribution in [3.05, 3.63) is 62.7 Å². The molecule has 2 aromatic carbocycles. The molecule has 0 bridgehead atoms. The van der Waals surface area contributed by atoms with E-state index in [0.717, 1.165) is 6.07 Å². The summed E-state index contributed by atoms with van der Waals surface area (Å²) in [5, 5.41) is 14.6. The minimum absolute atomic E-state index is 0.0287. The predicted octanol–water partition coefficient (Wildman–Crippen LogP) is 1.88. The minimum Gasteiger partial charge on any atom is -0.493 e. The summed E-state index contributed by atoms with van der Waals surface area (Å²) in [4.78, 5) is 33.1. The summed E-state index contributed by atoms with van der Waals surface area (Å²) in [5.41, 5.74) is 7.49. The molecule has 0 atom stereocenters. The van der Waals surface area contributed by atoms with Gasteiger partial charge in [-0.15, -0.1) is 0 Å². The van der Waals surface area contributed by atoms with Gasteiger partial charge in [0.05, 0.1) is 18.2 Å². The van der Waals surface area contributed by atoms with E-state index in [2.05, 4.69) is 10.5 Å². The van der Waals surface area contributed by atoms with E-state index in [-0.39, 0.29) is 22.9 Å². The van der Waals surface area contributed by atoms with Gasteiger partial charge in [0, 0.05) is 11.6 Å². The van der Waals surface area contributed by atoms with Gasteiger partial charge in [0.15, 0.2) is 18.1 Å². The Balaban J connectivity index is 2.08. The van der Waals surface area contributed by atoms with Gasteiger partial charge in [-0.2, -0.15) is 5.10 Å². The van der Waals surface area contributed by atoms with Gasteiger partial charge in [-0.3, -0.25) is 19.7 Å². The van der Waals surface area contributed by atoms with Gasteiger partial charge in [-0.05, 0) is 35.9 Å². The molecule has 0 aliphatic carbocycles. The first-order valence-corrected chi connectivity index (χ1v) is 8.06. The van der Waals surface area contributed by atoms with E-state index in [1.807, 2.05) is 0 Å². The minimum atomic E-state index is -0.684. The van der Waals surface area contributed by atoms with Crippen LogP contribution >= 0.6 is 11.6 Å². The largest absolute Gasteiger partial charge is 0.493 e. The maximum Gasteiger partial charge on any atom is 0.288 e. The number of amides is 2. The number of methoxy groups -OCH3 is 1. The Morgan fingerprint density at radius 1 is 1.29 bits per heavy atom. The Morgan fingerprint density at radius 2 is 2.04 bits per heavy atom. The van der Waals surface area contributed by atoms with Crippen LogP contribution in [-0.2, 0) is 4.79 Å². The number of benzene rings is 2. The predicted molar refractivity (Wildman–Crippen MR) is 101 cm³/mol. The number of halogens is 1. The molecular weight excluding hydrogens is 392 g/mol. The molecule has 0 aliphatic heterocycles. The quantitative estimate of drug-likeness (QED) is 0.388. The summed E-state index contributed by atoms with van der Waals surface area (Å²) in [6.07, 6.45) is 1.34. The number of hydrogen-bond donors (Lipinski definition) is 2. The molecule has 0 radical (unpaired) electrons. The Morgan fingerprint density at radius 3 is 2.68 bits per heavy atom. The molecule has 2 aromatic rings. The maximum absolute atomic E-state index is 12.1. The molecule has 0 saturated heterocycles. The molecule has 0 fully saturated rings. The smallest absolute Gasteiger partial charge is 0.288 e. The highest BCUT2D eigenvalue weighted by atomic mass is 35.5. The lowest BCUT2D eigenvalue weighted by atomic mass is 10.2. The molecule has 10 nitrogen and oxygen atoms in total. The average molecular weight is 407 g/mol. The van der Waals surface area contributed by atoms with Crippen LogP contribution in [0.1, 0.15) is 15.9 Å². The second-order valence-corrected chi connectivity index (χ2v) is 5.69. The lowest BCUT2D eigenvalue weighted by Gasteiger charge is -2.09. The number of nitrogens with zero attached hydrogens (tertiary/aromatic N) is 2. The second-order valence-electron chi connectivity index (χ2n) is 5.29. The molecule has 0 aromatic heterocycles. The van der Waals surface area contributed by atoms with E-state index in [0.29, 0.717) is 17.1 Å². The van der Waals surface area contributed by atoms with Gasteiger partial charge in [-0.25, -0.2) is 5.43 Å². The Kier molecular flexibility index (Phi) is 6.88. The SMILES string of the molecule is COc1cc(/C=N\NC(=O)c2ccc(Cl)c([N+](=O)[O-])c2)ccc1OCC(N)=O. The molecule has 0 aliphatic rings. The number of nitrogens with one attached hydrogen (secondary N) is 1. The first kappa shape index (κ1) is 20.6. The molecule has 146 valence electrons. The van der Waals surface area contributed by atoms with Crippen LogP contribution in [0.2, 0.25) is 5.02 Å². The lowest BCUT2D eigenvalue weighted by Crippen LogP contribution is -2.20. The van der Waals surface area contributed by atoms with E-state index in [4.69, 9.17) is 26.8 Å². The molecule has 28 heavy (non-hydrogen) atoms. The zero-order chi connectivity index (χ0) is 20.7. The van der Waals surface area contributed by atoms with Crippen molar-refractivity contribution in [2.75, 3.05) is 13.7 Å². The van der Waals surface area contributed by atoms with Crippen molar-refractivity contribution in [1.82, 2.24) is 5.43 Å². The third-order valence-corrected chi connectivity index (χ3v) is 3.66. The summed E-state index contributed by atoms with van der Waals surface area (Å²) >= 11 is 5.71. The van der Waals surface area contributed by atoms with E-state index in [9.17, 15) is 19.7 Å². The molecule has 11 heteroatoms. The molecule has 0 spiro atoms. The second kappa shape index (κ2) is 9.33. The number of nitro benzene ring substituents is 1. The van der Waals surface area contributed by atoms with Crippen molar-refractivity contribution in [2.24, 2.45) is 10.8 Å². The molecule has 2 rings (SSSR count). The molecule has 0 saturated carbocycles. The van der Waals surface area contributed by atoms with Crippen LogP contribution in [0.15, 0.2) is 41.5 Å². The normalized spacial score (nSPS) is 10.5. The van der Waals surface area contributed by atoms with Gasteiger partial charge < -0.3 is 15.2 Å². The zero-order valence-corrected chi connectivity index (χ0v) is 15.3. The number of nitro groups is 1. The highest BCUT2D eigenvalue weighted by Gasteiger charge is 2.16. The van der Waals surface area contributed by atoms with Crippen LogP contribution in [0.4, 0.5) is 5.69 Å². The van der Waals surface area contributed by atoms with Gasteiger partial charge in [0.1, 0.15) is 5.02 Å². The summed E-state index contributed by atoms with van der Waals surface area (Å²) in [5.74, 6) is -0.622. The average Bonchev–Trinajstić information content (AvgIpc) is 2.66. The lowest BCUT2D eigenvalue weighted by molar-refractivity contribution is -0.384. The van der Waals surface area contributed by atoms with Crippen LogP contribution in [0.5, 0.6) is 11.5 Å². The Labute approximate surface area is 164 Å². The standard InChI is InChI=1S/C17H15ClN4O6/c1-27-15-6-10(2-5-14(15)28-9-16(19)23)8-20-21-17(24)11-3-4-12(18)13(7-11)22(25)26/h2-8H,9H2,1H3,(H2,19,23)(H,21,24)/b20-8-. The highest BCUT2D eigenvalue weighted by molar-refractivity contribution is 6.32. The van der Waals surface area contributed by atoms with Crippen LogP contribution in [0, 0.1) is 10.1 Å². The fourth-order valence-electron chi connectivity index (χ4n) is 2.06. The summed E-state index contributed by atoms with van der Waals surface area (Å²) in [7, 11) is 1.42. The number of nitrogens with two attached hydrogens (primary N) is 1. The topological polar surface area (TPSA) is 146 Å².